The summed E-state index contributed by atoms with van der Waals surface area (Å²) >= 11 is 7.22. The van der Waals surface area contributed by atoms with E-state index in [1.807, 2.05) is 13.8 Å². The van der Waals surface area contributed by atoms with Gasteiger partial charge >= 0.3 is 0 Å². The number of nitrogens with one attached hydrogen (secondary N) is 1. The van der Waals surface area contributed by atoms with Crippen LogP contribution in [0.3, 0.4) is 0 Å². The van der Waals surface area contributed by atoms with E-state index < -0.39 is 0 Å². The quantitative estimate of drug-likeness (QED) is 0.721. The van der Waals surface area contributed by atoms with Gasteiger partial charge in [-0.2, -0.15) is 0 Å². The number of nitrogens with zero attached hydrogens (tertiary/aromatic N) is 4. The van der Waals surface area contributed by atoms with E-state index in [0.717, 1.165) is 34.7 Å². The molecule has 0 unspecified atom stereocenters. The Labute approximate surface area is 165 Å². The van der Waals surface area contributed by atoms with E-state index in [1.165, 1.54) is 17.5 Å². The molecule has 1 fully saturated rings. The van der Waals surface area contributed by atoms with Crippen LogP contribution < -0.4 is 10.2 Å². The molecule has 3 aromatic rings. The van der Waals surface area contributed by atoms with Crippen molar-refractivity contribution < 1.29 is 9.53 Å². The van der Waals surface area contributed by atoms with Gasteiger partial charge in [0.15, 0.2) is 0 Å². The van der Waals surface area contributed by atoms with Crippen LogP contribution in [0.25, 0.3) is 10.2 Å². The van der Waals surface area contributed by atoms with Crippen molar-refractivity contribution in [1.29, 1.82) is 0 Å². The molecule has 0 spiro atoms. The zero-order chi connectivity index (χ0) is 19.0. The number of anilines is 2. The number of morpholine rings is 1. The third-order valence-corrected chi connectivity index (χ3v) is 5.78. The summed E-state index contributed by atoms with van der Waals surface area (Å²) in [4.78, 5) is 29.8. The third-order valence-electron chi connectivity index (χ3n) is 4.37. The second kappa shape index (κ2) is 7.38. The van der Waals surface area contributed by atoms with E-state index in [2.05, 4.69) is 25.2 Å². The number of amides is 1. The number of hydrogen-bond donors (Lipinski definition) is 1. The Morgan fingerprint density at radius 1 is 1.26 bits per heavy atom. The molecule has 0 bridgehead atoms. The number of ether oxygens (including phenoxy) is 1. The van der Waals surface area contributed by atoms with Crippen molar-refractivity contribution in [1.82, 2.24) is 15.0 Å². The van der Waals surface area contributed by atoms with Gasteiger partial charge in [0, 0.05) is 19.3 Å². The Morgan fingerprint density at radius 3 is 2.74 bits per heavy atom. The second-order valence-corrected chi connectivity index (χ2v) is 7.68. The molecule has 1 saturated heterocycles. The predicted molar refractivity (Wildman–Crippen MR) is 107 cm³/mol. The molecule has 1 amide bonds. The minimum absolute atomic E-state index is 0.212. The molecule has 1 aliphatic rings. The maximum atomic E-state index is 12.8. The van der Waals surface area contributed by atoms with Crippen molar-refractivity contribution in [3.05, 3.63) is 39.6 Å². The largest absolute Gasteiger partial charge is 0.378 e. The van der Waals surface area contributed by atoms with Crippen molar-refractivity contribution in [2.45, 2.75) is 13.8 Å². The number of carbonyl (C=O) groups is 1. The summed E-state index contributed by atoms with van der Waals surface area (Å²) in [5.41, 5.74) is 0.878. The van der Waals surface area contributed by atoms with Crippen molar-refractivity contribution in [3.8, 4) is 0 Å². The number of rotatable bonds is 3. The first-order valence-electron chi connectivity index (χ1n) is 8.56. The lowest BCUT2D eigenvalue weighted by atomic mass is 10.2. The lowest BCUT2D eigenvalue weighted by Gasteiger charge is -2.28. The van der Waals surface area contributed by atoms with Gasteiger partial charge in [-0.3, -0.25) is 4.79 Å². The molecule has 9 heteroatoms. The van der Waals surface area contributed by atoms with Gasteiger partial charge in [-0.1, -0.05) is 11.6 Å². The Balaban J connectivity index is 1.72. The minimum atomic E-state index is -0.212. The smallest absolute Gasteiger partial charge is 0.267 e. The molecule has 140 valence electrons. The summed E-state index contributed by atoms with van der Waals surface area (Å²) in [6, 6.07) is 3.36. The number of hydrogen-bond acceptors (Lipinski definition) is 7. The molecule has 0 atom stereocenters. The molecule has 1 N–H and O–H groups in total. The van der Waals surface area contributed by atoms with Crippen LogP contribution in [0.1, 0.15) is 21.1 Å². The van der Waals surface area contributed by atoms with Crippen LogP contribution >= 0.6 is 22.9 Å². The lowest BCUT2D eigenvalue weighted by molar-refractivity contribution is 0.102. The summed E-state index contributed by atoms with van der Waals surface area (Å²) in [5, 5.41) is 4.27. The number of fused-ring (bicyclic) bond motifs is 1. The summed E-state index contributed by atoms with van der Waals surface area (Å²) in [6.45, 7) is 6.70. The van der Waals surface area contributed by atoms with Crippen molar-refractivity contribution in [2.24, 2.45) is 0 Å². The van der Waals surface area contributed by atoms with Gasteiger partial charge in [-0.25, -0.2) is 15.0 Å². The highest BCUT2D eigenvalue weighted by atomic mass is 35.5. The minimum Gasteiger partial charge on any atom is -0.378 e. The Bertz CT molecular complexity index is 999. The SMILES string of the molecule is Cc1nc(N2CCOCC2)c2c(C)c(C(=O)Nc3ccc(Cl)cn3)sc2n1. The number of aromatic nitrogens is 3. The molecule has 0 aromatic carbocycles. The van der Waals surface area contributed by atoms with Crippen LogP contribution in [0.4, 0.5) is 11.6 Å². The van der Waals surface area contributed by atoms with Crippen molar-refractivity contribution in [2.75, 3.05) is 36.5 Å². The van der Waals surface area contributed by atoms with E-state index in [4.69, 9.17) is 16.3 Å². The fourth-order valence-electron chi connectivity index (χ4n) is 3.06. The molecular formula is C18H18ClN5O2S. The van der Waals surface area contributed by atoms with Crippen LogP contribution in [-0.4, -0.2) is 47.2 Å². The van der Waals surface area contributed by atoms with Crippen LogP contribution in [0.2, 0.25) is 5.02 Å². The Kier molecular flexibility index (Phi) is 4.94. The lowest BCUT2D eigenvalue weighted by Crippen LogP contribution is -2.37. The van der Waals surface area contributed by atoms with Gasteiger partial charge in [0.2, 0.25) is 0 Å². The zero-order valence-corrected chi connectivity index (χ0v) is 16.5. The molecule has 3 aromatic heterocycles. The second-order valence-electron chi connectivity index (χ2n) is 6.25. The maximum absolute atomic E-state index is 12.8. The van der Waals surface area contributed by atoms with E-state index >= 15 is 0 Å². The van der Waals surface area contributed by atoms with E-state index in [1.54, 1.807) is 12.1 Å². The standard InChI is InChI=1S/C18H18ClN5O2S/c1-10-14-16(24-5-7-26-8-6-24)21-11(2)22-18(14)27-15(10)17(25)23-13-4-3-12(19)9-20-13/h3-4,9H,5-8H2,1-2H3,(H,20,23,25). The molecule has 7 nitrogen and oxygen atoms in total. The monoisotopic (exact) mass is 403 g/mol. The van der Waals surface area contributed by atoms with Crippen LogP contribution in [0, 0.1) is 13.8 Å². The summed E-state index contributed by atoms with van der Waals surface area (Å²) in [6.07, 6.45) is 1.50. The van der Waals surface area contributed by atoms with Gasteiger partial charge < -0.3 is 15.0 Å². The number of pyridine rings is 1. The first kappa shape index (κ1) is 18.1. The first-order chi connectivity index (χ1) is 13.0. The normalized spacial score (nSPS) is 14.6. The fourth-order valence-corrected chi connectivity index (χ4v) is 4.29. The third kappa shape index (κ3) is 3.60. The van der Waals surface area contributed by atoms with Crippen molar-refractivity contribution >= 4 is 50.7 Å². The van der Waals surface area contributed by atoms with Crippen molar-refractivity contribution in [3.63, 3.8) is 0 Å². The number of carbonyl (C=O) groups excluding carboxylic acids is 1. The molecule has 4 rings (SSSR count). The van der Waals surface area contributed by atoms with E-state index in [9.17, 15) is 4.79 Å². The summed E-state index contributed by atoms with van der Waals surface area (Å²) in [5.74, 6) is 1.81. The molecule has 0 radical (unpaired) electrons. The van der Waals surface area contributed by atoms with Gasteiger partial charge in [-0.15, -0.1) is 11.3 Å². The predicted octanol–water partition coefficient (Wildman–Crippen LogP) is 3.45. The summed E-state index contributed by atoms with van der Waals surface area (Å²) in [7, 11) is 0. The number of aryl methyl sites for hydroxylation is 2. The van der Waals surface area contributed by atoms with Crippen LogP contribution in [-0.2, 0) is 4.74 Å². The molecule has 0 saturated carbocycles. The first-order valence-corrected chi connectivity index (χ1v) is 9.75. The fraction of sp³-hybridized carbons (Fsp3) is 0.333. The van der Waals surface area contributed by atoms with Crippen LogP contribution in [0.5, 0.6) is 0 Å². The average Bonchev–Trinajstić information content (AvgIpc) is 3.00. The molecule has 27 heavy (non-hydrogen) atoms. The number of halogens is 1. The number of thiophene rings is 1. The van der Waals surface area contributed by atoms with Gasteiger partial charge in [0.05, 0.1) is 28.5 Å². The topological polar surface area (TPSA) is 80.2 Å². The average molecular weight is 404 g/mol. The van der Waals surface area contributed by atoms with E-state index in [0.29, 0.717) is 34.8 Å². The van der Waals surface area contributed by atoms with Gasteiger partial charge in [0.1, 0.15) is 22.3 Å². The Morgan fingerprint density at radius 2 is 2.04 bits per heavy atom. The van der Waals surface area contributed by atoms with E-state index in [-0.39, 0.29) is 5.91 Å². The van der Waals surface area contributed by atoms with Gasteiger partial charge in [0.25, 0.3) is 5.91 Å². The van der Waals surface area contributed by atoms with Crippen LogP contribution in [0.15, 0.2) is 18.3 Å². The highest BCUT2D eigenvalue weighted by molar-refractivity contribution is 7.20. The Hall–Kier alpha value is -2.29. The molecular weight excluding hydrogens is 386 g/mol. The molecule has 1 aliphatic heterocycles. The molecule has 4 heterocycles. The zero-order valence-electron chi connectivity index (χ0n) is 15.0. The maximum Gasteiger partial charge on any atom is 0.267 e. The molecule has 0 aliphatic carbocycles. The summed E-state index contributed by atoms with van der Waals surface area (Å²) < 4.78 is 5.45. The van der Waals surface area contributed by atoms with Gasteiger partial charge in [-0.05, 0) is 31.5 Å². The highest BCUT2D eigenvalue weighted by Crippen LogP contribution is 2.36. The highest BCUT2D eigenvalue weighted by Gasteiger charge is 2.24.